The van der Waals surface area contributed by atoms with Gasteiger partial charge in [0.2, 0.25) is 0 Å². The Morgan fingerprint density at radius 1 is 1.62 bits per heavy atom. The number of aliphatic hydroxyl groups excluding tert-OH is 1. The summed E-state index contributed by atoms with van der Waals surface area (Å²) in [6.45, 7) is 1.68. The van der Waals surface area contributed by atoms with E-state index in [4.69, 9.17) is 5.11 Å². The van der Waals surface area contributed by atoms with Gasteiger partial charge in [-0.05, 0) is 6.42 Å². The first-order chi connectivity index (χ1) is 3.81. The summed E-state index contributed by atoms with van der Waals surface area (Å²) in [5.41, 5.74) is 0. The molecule has 0 aliphatic carbocycles. The number of unbranched alkanes of at least 4 members (excludes halogenated alkanes) is 1. The van der Waals surface area contributed by atoms with E-state index in [1.54, 1.807) is 0 Å². The second-order valence-corrected chi connectivity index (χ2v) is 1.92. The minimum Gasteiger partial charge on any atom is -0.393 e. The van der Waals surface area contributed by atoms with Crippen LogP contribution in [0.2, 0.25) is 0 Å². The first kappa shape index (κ1) is 7.89. The van der Waals surface area contributed by atoms with E-state index in [1.165, 1.54) is 0 Å². The summed E-state index contributed by atoms with van der Waals surface area (Å²) in [6.07, 6.45) is 1.39. The van der Waals surface area contributed by atoms with E-state index in [9.17, 15) is 4.39 Å². The van der Waals surface area contributed by atoms with E-state index in [1.807, 2.05) is 6.92 Å². The fourth-order valence-corrected chi connectivity index (χ4v) is 0.517. The summed E-state index contributed by atoms with van der Waals surface area (Å²) < 4.78 is 12.1. The zero-order valence-electron chi connectivity index (χ0n) is 5.23. The molecule has 0 saturated carbocycles. The highest BCUT2D eigenvalue weighted by molar-refractivity contribution is 4.51. The summed E-state index contributed by atoms with van der Waals surface area (Å²) >= 11 is 0. The summed E-state index contributed by atoms with van der Waals surface area (Å²) in [4.78, 5) is 0. The van der Waals surface area contributed by atoms with Crippen molar-refractivity contribution in [1.82, 2.24) is 0 Å². The molecule has 0 aromatic heterocycles. The van der Waals surface area contributed by atoms with Crippen molar-refractivity contribution in [1.29, 1.82) is 0 Å². The molecule has 1 nitrogen and oxygen atoms in total. The number of halogens is 1. The molecule has 1 atom stereocenters. The highest BCUT2D eigenvalue weighted by Crippen LogP contribution is 2.02. The summed E-state index contributed by atoms with van der Waals surface area (Å²) in [6, 6.07) is 0. The zero-order valence-corrected chi connectivity index (χ0v) is 5.23. The second kappa shape index (κ2) is 5.04. The maximum atomic E-state index is 12.1. The molecule has 0 saturated heterocycles. The van der Waals surface area contributed by atoms with Crippen LogP contribution in [0.5, 0.6) is 0 Å². The lowest BCUT2D eigenvalue weighted by molar-refractivity contribution is 0.168. The Kier molecular flexibility index (Phi) is 4.97. The normalized spacial score (nSPS) is 13.9. The van der Waals surface area contributed by atoms with Crippen LogP contribution >= 0.6 is 0 Å². The van der Waals surface area contributed by atoms with Crippen molar-refractivity contribution >= 4 is 0 Å². The van der Waals surface area contributed by atoms with Gasteiger partial charge < -0.3 is 5.11 Å². The molecule has 0 radical (unpaired) electrons. The third-order valence-corrected chi connectivity index (χ3v) is 1.07. The lowest BCUT2D eigenvalue weighted by atomic mass is 10.2. The highest BCUT2D eigenvalue weighted by Gasteiger charge is 2.00. The van der Waals surface area contributed by atoms with E-state index in [-0.39, 0.29) is 6.61 Å². The maximum absolute atomic E-state index is 12.1. The van der Waals surface area contributed by atoms with E-state index in [2.05, 4.69) is 0 Å². The third-order valence-electron chi connectivity index (χ3n) is 1.07. The van der Waals surface area contributed by atoms with Gasteiger partial charge in [0.15, 0.2) is 0 Å². The average Bonchev–Trinajstić information content (AvgIpc) is 1.83. The van der Waals surface area contributed by atoms with Gasteiger partial charge in [-0.1, -0.05) is 19.8 Å². The molecule has 0 rings (SSSR count). The van der Waals surface area contributed by atoms with Crippen molar-refractivity contribution in [3.05, 3.63) is 0 Å². The highest BCUT2D eigenvalue weighted by atomic mass is 19.1. The minimum atomic E-state index is -0.991. The van der Waals surface area contributed by atoms with Crippen LogP contribution in [0.25, 0.3) is 0 Å². The molecular weight excluding hydrogens is 107 g/mol. The molecule has 50 valence electrons. The average molecular weight is 120 g/mol. The van der Waals surface area contributed by atoms with Gasteiger partial charge in [-0.15, -0.1) is 0 Å². The maximum Gasteiger partial charge on any atom is 0.123 e. The fraction of sp³-hybridized carbons (Fsp3) is 1.00. The van der Waals surface area contributed by atoms with Gasteiger partial charge in [-0.25, -0.2) is 4.39 Å². The molecule has 0 aromatic rings. The lowest BCUT2D eigenvalue weighted by Gasteiger charge is -1.99. The molecule has 0 bridgehead atoms. The third kappa shape index (κ3) is 4.06. The van der Waals surface area contributed by atoms with E-state index >= 15 is 0 Å². The predicted octanol–water partition coefficient (Wildman–Crippen LogP) is 1.51. The molecule has 0 aliphatic heterocycles. The Morgan fingerprint density at radius 2 is 2.25 bits per heavy atom. The summed E-state index contributed by atoms with van der Waals surface area (Å²) in [5.74, 6) is 0. The summed E-state index contributed by atoms with van der Waals surface area (Å²) in [7, 11) is 0. The van der Waals surface area contributed by atoms with Crippen molar-refractivity contribution < 1.29 is 9.50 Å². The van der Waals surface area contributed by atoms with Crippen molar-refractivity contribution in [3.8, 4) is 0 Å². The second-order valence-electron chi connectivity index (χ2n) is 1.92. The molecule has 8 heavy (non-hydrogen) atoms. The largest absolute Gasteiger partial charge is 0.393 e. The van der Waals surface area contributed by atoms with Crippen LogP contribution in [0.3, 0.4) is 0 Å². The molecule has 0 unspecified atom stereocenters. The van der Waals surface area contributed by atoms with E-state index in [0.717, 1.165) is 12.8 Å². The lowest BCUT2D eigenvalue weighted by Crippen LogP contribution is -2.04. The quantitative estimate of drug-likeness (QED) is 0.596. The molecule has 0 aliphatic rings. The Bertz CT molecular complexity index is 47.8. The van der Waals surface area contributed by atoms with Crippen LogP contribution in [0.4, 0.5) is 4.39 Å². The number of aliphatic hydroxyl groups is 1. The molecule has 0 spiro atoms. The summed E-state index contributed by atoms with van der Waals surface area (Å²) in [5, 5.41) is 8.19. The van der Waals surface area contributed by atoms with Crippen LogP contribution in [0.15, 0.2) is 0 Å². The van der Waals surface area contributed by atoms with Crippen LogP contribution < -0.4 is 0 Å². The van der Waals surface area contributed by atoms with Crippen LogP contribution in [0.1, 0.15) is 26.2 Å². The molecule has 0 aromatic carbocycles. The molecular formula is C6H13FO. The zero-order chi connectivity index (χ0) is 6.41. The van der Waals surface area contributed by atoms with Gasteiger partial charge in [-0.3, -0.25) is 0 Å². The predicted molar refractivity (Wildman–Crippen MR) is 31.5 cm³/mol. The standard InChI is InChI=1S/C6H13FO/c1-2-3-4-6(7)5-8/h6,8H,2-5H2,1H3/t6-/m1/s1. The van der Waals surface area contributed by atoms with Crippen molar-refractivity contribution in [2.45, 2.75) is 32.4 Å². The molecule has 0 fully saturated rings. The van der Waals surface area contributed by atoms with Crippen LogP contribution in [0, 0.1) is 0 Å². The molecule has 0 amide bonds. The number of rotatable bonds is 4. The van der Waals surface area contributed by atoms with Gasteiger partial charge in [-0.2, -0.15) is 0 Å². The number of alkyl halides is 1. The minimum absolute atomic E-state index is 0.319. The molecule has 0 heterocycles. The van der Waals surface area contributed by atoms with Gasteiger partial charge >= 0.3 is 0 Å². The Morgan fingerprint density at radius 3 is 2.62 bits per heavy atom. The Hall–Kier alpha value is -0.110. The van der Waals surface area contributed by atoms with Gasteiger partial charge in [0.25, 0.3) is 0 Å². The Labute approximate surface area is 49.5 Å². The van der Waals surface area contributed by atoms with E-state index in [0.29, 0.717) is 6.42 Å². The smallest absolute Gasteiger partial charge is 0.123 e. The Balaban J connectivity index is 2.86. The van der Waals surface area contributed by atoms with Gasteiger partial charge in [0.05, 0.1) is 6.61 Å². The molecule has 2 heteroatoms. The van der Waals surface area contributed by atoms with Crippen LogP contribution in [-0.4, -0.2) is 17.9 Å². The van der Waals surface area contributed by atoms with Crippen molar-refractivity contribution in [2.24, 2.45) is 0 Å². The molecule has 1 N–H and O–H groups in total. The fourth-order valence-electron chi connectivity index (χ4n) is 0.517. The first-order valence-electron chi connectivity index (χ1n) is 3.06. The van der Waals surface area contributed by atoms with Crippen LogP contribution in [-0.2, 0) is 0 Å². The monoisotopic (exact) mass is 120 g/mol. The van der Waals surface area contributed by atoms with Gasteiger partial charge in [0.1, 0.15) is 6.17 Å². The topological polar surface area (TPSA) is 20.2 Å². The number of hydrogen-bond acceptors (Lipinski definition) is 1. The first-order valence-corrected chi connectivity index (χ1v) is 3.06. The SMILES string of the molecule is CCCC[C@@H](F)CO. The van der Waals surface area contributed by atoms with E-state index < -0.39 is 6.17 Å². The van der Waals surface area contributed by atoms with Crippen molar-refractivity contribution in [2.75, 3.05) is 6.61 Å². The number of hydrogen-bond donors (Lipinski definition) is 1. The van der Waals surface area contributed by atoms with Gasteiger partial charge in [0, 0.05) is 0 Å². The van der Waals surface area contributed by atoms with Crippen molar-refractivity contribution in [3.63, 3.8) is 0 Å².